The Morgan fingerprint density at radius 3 is 2.93 bits per heavy atom. The first-order valence-electron chi connectivity index (χ1n) is 4.84. The molecular weight excluding hydrogens is 196 g/mol. The minimum absolute atomic E-state index is 0.0484. The Morgan fingerprint density at radius 1 is 1.71 bits per heavy atom. The second kappa shape index (κ2) is 3.69. The van der Waals surface area contributed by atoms with Crippen molar-refractivity contribution >= 4 is 22.3 Å². The van der Waals surface area contributed by atoms with Crippen LogP contribution in [0.4, 0.5) is 5.13 Å². The van der Waals surface area contributed by atoms with Crippen LogP contribution < -0.4 is 4.90 Å². The predicted molar refractivity (Wildman–Crippen MR) is 58.1 cm³/mol. The van der Waals surface area contributed by atoms with E-state index in [0.29, 0.717) is 5.69 Å². The molecule has 0 amide bonds. The molecule has 3 nitrogen and oxygen atoms in total. The van der Waals surface area contributed by atoms with Crippen LogP contribution in [0.15, 0.2) is 5.38 Å². The van der Waals surface area contributed by atoms with E-state index in [0.717, 1.165) is 17.6 Å². The van der Waals surface area contributed by atoms with E-state index in [1.807, 2.05) is 12.4 Å². The molecule has 0 unspecified atom stereocenters. The minimum atomic E-state index is 0.0484. The number of nitrogens with zero attached hydrogens (tertiary/aromatic N) is 2. The van der Waals surface area contributed by atoms with Crippen molar-refractivity contribution in [3.63, 3.8) is 0 Å². The zero-order valence-electron chi connectivity index (χ0n) is 8.49. The van der Waals surface area contributed by atoms with Gasteiger partial charge in [0, 0.05) is 25.9 Å². The monoisotopic (exact) mass is 210 g/mol. The Hall–Kier alpha value is -0.900. The quantitative estimate of drug-likeness (QED) is 0.714. The number of Topliss-reactive ketones (excluding diaryl/α,β-unsaturated/α-hetero) is 1. The van der Waals surface area contributed by atoms with Gasteiger partial charge in [-0.25, -0.2) is 4.98 Å². The number of hydrogen-bond acceptors (Lipinski definition) is 4. The third kappa shape index (κ3) is 2.12. The summed E-state index contributed by atoms with van der Waals surface area (Å²) in [6.07, 6.45) is 2.69. The van der Waals surface area contributed by atoms with Gasteiger partial charge in [0.25, 0.3) is 0 Å². The Labute approximate surface area is 87.8 Å². The van der Waals surface area contributed by atoms with Crippen molar-refractivity contribution in [1.82, 2.24) is 4.98 Å². The van der Waals surface area contributed by atoms with Crippen LogP contribution in [0.5, 0.6) is 0 Å². The van der Waals surface area contributed by atoms with Gasteiger partial charge in [0.05, 0.1) is 0 Å². The van der Waals surface area contributed by atoms with Crippen molar-refractivity contribution in [3.8, 4) is 0 Å². The zero-order valence-corrected chi connectivity index (χ0v) is 9.30. The van der Waals surface area contributed by atoms with Gasteiger partial charge in [0.2, 0.25) is 0 Å². The first-order chi connectivity index (χ1) is 6.66. The maximum absolute atomic E-state index is 11.0. The Morgan fingerprint density at radius 2 is 2.43 bits per heavy atom. The second-order valence-electron chi connectivity index (χ2n) is 3.90. The van der Waals surface area contributed by atoms with Gasteiger partial charge in [-0.1, -0.05) is 0 Å². The molecule has 0 aromatic carbocycles. The Balaban J connectivity index is 2.03. The third-order valence-electron chi connectivity index (χ3n) is 2.41. The molecule has 1 aliphatic rings. The zero-order chi connectivity index (χ0) is 10.1. The molecule has 0 saturated heterocycles. The van der Waals surface area contributed by atoms with Crippen LogP contribution in [-0.2, 0) is 0 Å². The highest BCUT2D eigenvalue weighted by Crippen LogP contribution is 2.31. The Kier molecular flexibility index (Phi) is 2.54. The van der Waals surface area contributed by atoms with Crippen LogP contribution in [0.2, 0.25) is 0 Å². The molecule has 0 atom stereocenters. The average molecular weight is 210 g/mol. The fourth-order valence-corrected chi connectivity index (χ4v) is 2.21. The van der Waals surface area contributed by atoms with E-state index in [4.69, 9.17) is 0 Å². The molecule has 1 aromatic rings. The number of carbonyl (C=O) groups is 1. The van der Waals surface area contributed by atoms with Crippen LogP contribution >= 0.6 is 11.3 Å². The summed E-state index contributed by atoms with van der Waals surface area (Å²) in [5, 5.41) is 2.79. The minimum Gasteiger partial charge on any atom is -0.351 e. The number of anilines is 1. The topological polar surface area (TPSA) is 33.2 Å². The van der Waals surface area contributed by atoms with Crippen molar-refractivity contribution in [1.29, 1.82) is 0 Å². The number of aromatic nitrogens is 1. The molecule has 1 aromatic heterocycles. The highest BCUT2D eigenvalue weighted by molar-refractivity contribution is 7.13. The van der Waals surface area contributed by atoms with E-state index in [-0.39, 0.29) is 5.78 Å². The molecule has 76 valence electrons. The summed E-state index contributed by atoms with van der Waals surface area (Å²) in [4.78, 5) is 17.5. The molecule has 1 fully saturated rings. The largest absolute Gasteiger partial charge is 0.351 e. The van der Waals surface area contributed by atoms with Crippen LogP contribution in [-0.4, -0.2) is 24.4 Å². The molecule has 2 rings (SSSR count). The number of carbonyl (C=O) groups excluding carboxylic acids is 1. The fraction of sp³-hybridized carbons (Fsp3) is 0.600. The van der Waals surface area contributed by atoms with Gasteiger partial charge < -0.3 is 4.90 Å². The van der Waals surface area contributed by atoms with Gasteiger partial charge in [-0.2, -0.15) is 0 Å². The van der Waals surface area contributed by atoms with Gasteiger partial charge in [0.15, 0.2) is 10.9 Å². The highest BCUT2D eigenvalue weighted by Gasteiger charge is 2.24. The normalized spacial score (nSPS) is 15.6. The van der Waals surface area contributed by atoms with Crippen molar-refractivity contribution in [3.05, 3.63) is 11.1 Å². The lowest BCUT2D eigenvalue weighted by Crippen LogP contribution is -2.19. The molecule has 4 heteroatoms. The SMILES string of the molecule is CC(=O)c1csc(N(C)CC2CC2)n1. The first-order valence-corrected chi connectivity index (χ1v) is 5.72. The van der Waals surface area contributed by atoms with Crippen LogP contribution in [0, 0.1) is 5.92 Å². The summed E-state index contributed by atoms with van der Waals surface area (Å²) in [5.74, 6) is 0.900. The third-order valence-corrected chi connectivity index (χ3v) is 3.36. The Bertz CT molecular complexity index is 344. The smallest absolute Gasteiger partial charge is 0.185 e. The van der Waals surface area contributed by atoms with Gasteiger partial charge in [-0.15, -0.1) is 11.3 Å². The highest BCUT2D eigenvalue weighted by atomic mass is 32.1. The summed E-state index contributed by atoms with van der Waals surface area (Å²) in [5.41, 5.74) is 0.590. The lowest BCUT2D eigenvalue weighted by atomic mass is 10.4. The number of hydrogen-bond donors (Lipinski definition) is 0. The molecule has 1 saturated carbocycles. The molecule has 1 heterocycles. The molecule has 0 N–H and O–H groups in total. The number of rotatable bonds is 4. The van der Waals surface area contributed by atoms with Gasteiger partial charge in [-0.3, -0.25) is 4.79 Å². The summed E-state index contributed by atoms with van der Waals surface area (Å²) >= 11 is 1.55. The van der Waals surface area contributed by atoms with Crippen LogP contribution in [0.1, 0.15) is 30.3 Å². The van der Waals surface area contributed by atoms with Crippen molar-refractivity contribution in [2.45, 2.75) is 19.8 Å². The van der Waals surface area contributed by atoms with E-state index in [1.165, 1.54) is 12.8 Å². The summed E-state index contributed by atoms with van der Waals surface area (Å²) in [6.45, 7) is 2.63. The van der Waals surface area contributed by atoms with E-state index >= 15 is 0 Å². The van der Waals surface area contributed by atoms with Crippen molar-refractivity contribution < 1.29 is 4.79 Å². The van der Waals surface area contributed by atoms with Gasteiger partial charge >= 0.3 is 0 Å². The van der Waals surface area contributed by atoms with Crippen molar-refractivity contribution in [2.75, 3.05) is 18.5 Å². The van der Waals surface area contributed by atoms with Gasteiger partial charge in [-0.05, 0) is 18.8 Å². The lowest BCUT2D eigenvalue weighted by molar-refractivity contribution is 0.101. The maximum atomic E-state index is 11.0. The van der Waals surface area contributed by atoms with Crippen LogP contribution in [0.25, 0.3) is 0 Å². The van der Waals surface area contributed by atoms with E-state index in [1.54, 1.807) is 18.3 Å². The van der Waals surface area contributed by atoms with Crippen LogP contribution in [0.3, 0.4) is 0 Å². The molecule has 0 radical (unpaired) electrons. The molecule has 14 heavy (non-hydrogen) atoms. The molecule has 0 aliphatic heterocycles. The standard InChI is InChI=1S/C10H14N2OS/c1-7(13)9-6-14-10(11-9)12(2)5-8-3-4-8/h6,8H,3-5H2,1-2H3. The summed E-state index contributed by atoms with van der Waals surface area (Å²) < 4.78 is 0. The summed E-state index contributed by atoms with van der Waals surface area (Å²) in [6, 6.07) is 0. The first kappa shape index (κ1) is 9.65. The van der Waals surface area contributed by atoms with E-state index < -0.39 is 0 Å². The second-order valence-corrected chi connectivity index (χ2v) is 4.73. The molecular formula is C10H14N2OS. The average Bonchev–Trinajstić information content (AvgIpc) is 2.81. The number of thiazole rings is 1. The predicted octanol–water partition coefficient (Wildman–Crippen LogP) is 2.19. The van der Waals surface area contributed by atoms with Crippen molar-refractivity contribution in [2.24, 2.45) is 5.92 Å². The molecule has 0 spiro atoms. The molecule has 1 aliphatic carbocycles. The van der Waals surface area contributed by atoms with E-state index in [2.05, 4.69) is 9.88 Å². The maximum Gasteiger partial charge on any atom is 0.185 e. The van der Waals surface area contributed by atoms with Gasteiger partial charge in [0.1, 0.15) is 5.69 Å². The number of ketones is 1. The van der Waals surface area contributed by atoms with E-state index in [9.17, 15) is 4.79 Å². The fourth-order valence-electron chi connectivity index (χ4n) is 1.37. The molecule has 0 bridgehead atoms. The summed E-state index contributed by atoms with van der Waals surface area (Å²) in [7, 11) is 2.04. The lowest BCUT2D eigenvalue weighted by Gasteiger charge is -2.14.